The number of guanidine groups is 1. The van der Waals surface area contributed by atoms with Crippen LogP contribution in [0.5, 0.6) is 0 Å². The van der Waals surface area contributed by atoms with Gasteiger partial charge < -0.3 is 14.8 Å². The molecule has 0 saturated carbocycles. The normalized spacial score (nSPS) is 18.1. The zero-order chi connectivity index (χ0) is 16.6. The first-order valence-electron chi connectivity index (χ1n) is 8.88. The van der Waals surface area contributed by atoms with Gasteiger partial charge in [0.05, 0.1) is 12.9 Å². The summed E-state index contributed by atoms with van der Waals surface area (Å²) in [6.45, 7) is 6.86. The molecule has 1 atom stereocenters. The second kappa shape index (κ2) is 8.52. The first-order chi connectivity index (χ1) is 11.8. The Labute approximate surface area is 144 Å². The summed E-state index contributed by atoms with van der Waals surface area (Å²) >= 11 is 0. The summed E-state index contributed by atoms with van der Waals surface area (Å²) in [6, 6.07) is 10.8. The van der Waals surface area contributed by atoms with E-state index in [4.69, 9.17) is 4.99 Å². The molecule has 2 heterocycles. The van der Waals surface area contributed by atoms with Crippen molar-refractivity contribution < 1.29 is 0 Å². The standard InChI is InChI=1S/C19H27N5/c1-2-21-19(22-10-13-23-12-9-20-16-23)24-11-8-18(15-24)14-17-6-4-3-5-7-17/h3-7,9,12,16,18H,2,8,10-11,13-15H2,1H3,(H,21,22). The van der Waals surface area contributed by atoms with Crippen molar-refractivity contribution in [3.63, 3.8) is 0 Å². The maximum absolute atomic E-state index is 4.79. The quantitative estimate of drug-likeness (QED) is 0.655. The second-order valence-electron chi connectivity index (χ2n) is 6.33. The molecule has 5 heteroatoms. The first kappa shape index (κ1) is 16.6. The summed E-state index contributed by atoms with van der Waals surface area (Å²) in [6.07, 6.45) is 8.03. The van der Waals surface area contributed by atoms with Gasteiger partial charge >= 0.3 is 0 Å². The largest absolute Gasteiger partial charge is 0.357 e. The minimum atomic E-state index is 0.713. The summed E-state index contributed by atoms with van der Waals surface area (Å²) in [5.74, 6) is 1.76. The highest BCUT2D eigenvalue weighted by atomic mass is 15.3. The highest BCUT2D eigenvalue weighted by molar-refractivity contribution is 5.80. The fourth-order valence-electron chi connectivity index (χ4n) is 3.26. The van der Waals surface area contributed by atoms with Crippen LogP contribution in [0.3, 0.4) is 0 Å². The molecule has 1 fully saturated rings. The molecule has 1 aromatic heterocycles. The molecule has 0 radical (unpaired) electrons. The molecule has 0 spiro atoms. The molecule has 0 bridgehead atoms. The predicted octanol–water partition coefficient (Wildman–Crippen LogP) is 2.41. The molecule has 1 aromatic carbocycles. The van der Waals surface area contributed by atoms with Gasteiger partial charge in [-0.2, -0.15) is 0 Å². The molecular weight excluding hydrogens is 298 g/mol. The van der Waals surface area contributed by atoms with E-state index in [1.54, 1.807) is 0 Å². The molecule has 1 aliphatic heterocycles. The number of nitrogens with zero attached hydrogens (tertiary/aromatic N) is 4. The van der Waals surface area contributed by atoms with Crippen LogP contribution in [0.25, 0.3) is 0 Å². The third-order valence-electron chi connectivity index (χ3n) is 4.47. The van der Waals surface area contributed by atoms with Crippen molar-refractivity contribution in [1.29, 1.82) is 0 Å². The van der Waals surface area contributed by atoms with Gasteiger partial charge in [0, 0.05) is 38.6 Å². The Bertz CT molecular complexity index is 620. The Hall–Kier alpha value is -2.30. The number of aromatic nitrogens is 2. The number of benzene rings is 1. The Balaban J connectivity index is 1.54. The average Bonchev–Trinajstić information content (AvgIpc) is 3.27. The van der Waals surface area contributed by atoms with E-state index >= 15 is 0 Å². The van der Waals surface area contributed by atoms with Gasteiger partial charge in [-0.25, -0.2) is 4.98 Å². The van der Waals surface area contributed by atoms with Gasteiger partial charge in [-0.05, 0) is 31.2 Å². The van der Waals surface area contributed by atoms with Crippen molar-refractivity contribution in [2.45, 2.75) is 26.3 Å². The molecule has 1 aliphatic rings. The number of hydrogen-bond acceptors (Lipinski definition) is 2. The van der Waals surface area contributed by atoms with Crippen LogP contribution in [0.2, 0.25) is 0 Å². The third kappa shape index (κ3) is 4.60. The van der Waals surface area contributed by atoms with Crippen molar-refractivity contribution in [2.24, 2.45) is 10.9 Å². The van der Waals surface area contributed by atoms with Crippen molar-refractivity contribution >= 4 is 5.96 Å². The van der Waals surface area contributed by atoms with Gasteiger partial charge in [0.2, 0.25) is 0 Å². The van der Waals surface area contributed by atoms with Crippen LogP contribution in [-0.2, 0) is 13.0 Å². The third-order valence-corrected chi connectivity index (χ3v) is 4.47. The number of nitrogens with one attached hydrogen (secondary N) is 1. The Morgan fingerprint density at radius 3 is 2.96 bits per heavy atom. The van der Waals surface area contributed by atoms with Gasteiger partial charge in [0.1, 0.15) is 0 Å². The fourth-order valence-corrected chi connectivity index (χ4v) is 3.26. The summed E-state index contributed by atoms with van der Waals surface area (Å²) < 4.78 is 2.06. The summed E-state index contributed by atoms with van der Waals surface area (Å²) in [5.41, 5.74) is 1.44. The van der Waals surface area contributed by atoms with Gasteiger partial charge in [0.25, 0.3) is 0 Å². The first-order valence-corrected chi connectivity index (χ1v) is 8.88. The fraction of sp³-hybridized carbons (Fsp3) is 0.474. The Morgan fingerprint density at radius 1 is 1.33 bits per heavy atom. The molecule has 0 aliphatic carbocycles. The number of hydrogen-bond donors (Lipinski definition) is 1. The van der Waals surface area contributed by atoms with E-state index in [2.05, 4.69) is 57.0 Å². The summed E-state index contributed by atoms with van der Waals surface area (Å²) in [4.78, 5) is 11.3. The lowest BCUT2D eigenvalue weighted by molar-refractivity contribution is 0.459. The van der Waals surface area contributed by atoms with Crippen molar-refractivity contribution in [3.05, 3.63) is 54.6 Å². The van der Waals surface area contributed by atoms with E-state index in [-0.39, 0.29) is 0 Å². The number of aliphatic imine (C=N–C) groups is 1. The minimum Gasteiger partial charge on any atom is -0.357 e. The molecule has 1 N–H and O–H groups in total. The van der Waals surface area contributed by atoms with Gasteiger partial charge in [-0.15, -0.1) is 0 Å². The molecular formula is C19H27N5. The number of likely N-dealkylation sites (tertiary alicyclic amines) is 1. The highest BCUT2D eigenvalue weighted by Crippen LogP contribution is 2.20. The SMILES string of the molecule is CCNC(=NCCn1ccnc1)N1CCC(Cc2ccccc2)C1. The van der Waals surface area contributed by atoms with Gasteiger partial charge in [0.15, 0.2) is 5.96 Å². The highest BCUT2D eigenvalue weighted by Gasteiger charge is 2.24. The van der Waals surface area contributed by atoms with Crippen LogP contribution in [-0.4, -0.2) is 46.6 Å². The van der Waals surface area contributed by atoms with E-state index < -0.39 is 0 Å². The van der Waals surface area contributed by atoms with Crippen LogP contribution in [0.15, 0.2) is 54.0 Å². The maximum Gasteiger partial charge on any atom is 0.193 e. The second-order valence-corrected chi connectivity index (χ2v) is 6.33. The van der Waals surface area contributed by atoms with Crippen molar-refractivity contribution in [3.8, 4) is 0 Å². The van der Waals surface area contributed by atoms with Crippen molar-refractivity contribution in [1.82, 2.24) is 19.8 Å². The van der Waals surface area contributed by atoms with Gasteiger partial charge in [-0.3, -0.25) is 4.99 Å². The van der Waals surface area contributed by atoms with E-state index in [1.165, 1.54) is 12.0 Å². The summed E-state index contributed by atoms with van der Waals surface area (Å²) in [5, 5.41) is 3.44. The average molecular weight is 325 g/mol. The van der Waals surface area contributed by atoms with Crippen LogP contribution >= 0.6 is 0 Å². The van der Waals surface area contributed by atoms with E-state index in [0.29, 0.717) is 5.92 Å². The Kier molecular flexibility index (Phi) is 5.88. The zero-order valence-corrected chi connectivity index (χ0v) is 14.4. The smallest absolute Gasteiger partial charge is 0.193 e. The monoisotopic (exact) mass is 325 g/mol. The lowest BCUT2D eigenvalue weighted by Gasteiger charge is -2.21. The molecule has 1 saturated heterocycles. The molecule has 1 unspecified atom stereocenters. The van der Waals surface area contributed by atoms with Crippen LogP contribution in [0.1, 0.15) is 18.9 Å². The Morgan fingerprint density at radius 2 is 2.21 bits per heavy atom. The summed E-state index contributed by atoms with van der Waals surface area (Å²) in [7, 11) is 0. The van der Waals surface area contributed by atoms with E-state index in [9.17, 15) is 0 Å². The van der Waals surface area contributed by atoms with E-state index in [1.807, 2.05) is 18.7 Å². The molecule has 3 rings (SSSR count). The van der Waals surface area contributed by atoms with Crippen LogP contribution < -0.4 is 5.32 Å². The zero-order valence-electron chi connectivity index (χ0n) is 14.4. The number of imidazole rings is 1. The van der Waals surface area contributed by atoms with Crippen molar-refractivity contribution in [2.75, 3.05) is 26.2 Å². The lowest BCUT2D eigenvalue weighted by atomic mass is 9.99. The topological polar surface area (TPSA) is 45.5 Å². The molecule has 24 heavy (non-hydrogen) atoms. The van der Waals surface area contributed by atoms with Crippen LogP contribution in [0, 0.1) is 5.92 Å². The lowest BCUT2D eigenvalue weighted by Crippen LogP contribution is -2.40. The van der Waals surface area contributed by atoms with Gasteiger partial charge in [-0.1, -0.05) is 30.3 Å². The van der Waals surface area contributed by atoms with Crippen LogP contribution in [0.4, 0.5) is 0 Å². The molecule has 0 amide bonds. The predicted molar refractivity (Wildman–Crippen MR) is 98.0 cm³/mol. The molecule has 2 aromatic rings. The number of rotatable bonds is 6. The maximum atomic E-state index is 4.79. The van der Waals surface area contributed by atoms with E-state index in [0.717, 1.165) is 45.1 Å². The molecule has 128 valence electrons. The minimum absolute atomic E-state index is 0.713. The molecule has 5 nitrogen and oxygen atoms in total.